The maximum absolute atomic E-state index is 14.5. The second-order valence-electron chi connectivity index (χ2n) is 8.44. The first-order valence-electron chi connectivity index (χ1n) is 10.5. The second-order valence-corrected chi connectivity index (χ2v) is 8.44. The van der Waals surface area contributed by atoms with E-state index in [1.807, 2.05) is 5.32 Å². The van der Waals surface area contributed by atoms with E-state index in [4.69, 9.17) is 4.74 Å². The Hall–Kier alpha value is -3.15. The van der Waals surface area contributed by atoms with Crippen LogP contribution < -0.4 is 10.6 Å². The number of amides is 3. The molecule has 0 aliphatic carbocycles. The largest absolute Gasteiger partial charge is 0.440 e. The monoisotopic (exact) mass is 467 g/mol. The number of nitrogens with one attached hydrogen (secondary N) is 2. The van der Waals surface area contributed by atoms with E-state index in [9.17, 15) is 27.6 Å². The van der Waals surface area contributed by atoms with Crippen molar-refractivity contribution < 1.29 is 32.3 Å². The van der Waals surface area contributed by atoms with E-state index in [0.717, 1.165) is 15.7 Å². The van der Waals surface area contributed by atoms with Gasteiger partial charge in [-0.25, -0.2) is 4.98 Å². The molecule has 178 valence electrons. The Morgan fingerprint density at radius 2 is 1.88 bits per heavy atom. The third kappa shape index (κ3) is 3.62. The average molecular weight is 467 g/mol. The molecule has 12 heteroatoms. The fourth-order valence-corrected chi connectivity index (χ4v) is 4.37. The van der Waals surface area contributed by atoms with Crippen LogP contribution in [0.15, 0.2) is 12.1 Å². The van der Waals surface area contributed by atoms with Crippen LogP contribution in [0.2, 0.25) is 0 Å². The minimum absolute atomic E-state index is 0.0871. The van der Waals surface area contributed by atoms with Gasteiger partial charge in [0, 0.05) is 26.1 Å². The van der Waals surface area contributed by atoms with Crippen molar-refractivity contribution in [2.45, 2.75) is 38.5 Å². The molecule has 0 radical (unpaired) electrons. The predicted molar refractivity (Wildman–Crippen MR) is 111 cm³/mol. The maximum atomic E-state index is 14.5. The van der Waals surface area contributed by atoms with Gasteiger partial charge in [0.25, 0.3) is 11.6 Å². The Morgan fingerprint density at radius 1 is 1.24 bits per heavy atom. The Morgan fingerprint density at radius 3 is 2.48 bits per heavy atom. The number of hydrogen-bond acceptors (Lipinski definition) is 5. The molecule has 3 amide bonds. The number of carbonyl (C=O) groups excluding carboxylic acids is 3. The number of benzene rings is 1. The molecule has 1 fully saturated rings. The summed E-state index contributed by atoms with van der Waals surface area (Å²) in [6, 6.07) is 3.16. The quantitative estimate of drug-likeness (QED) is 0.714. The van der Waals surface area contributed by atoms with Crippen molar-refractivity contribution in [1.29, 1.82) is 0 Å². The molecule has 2 aliphatic heterocycles. The second kappa shape index (κ2) is 8.01. The number of hydrogen-bond donors (Lipinski definition) is 2. The number of nitrogens with zero attached hydrogens (tertiary/aromatic N) is 3. The number of aryl methyl sites for hydroxylation is 2. The molecule has 0 bridgehead atoms. The molecule has 4 rings (SSSR count). The van der Waals surface area contributed by atoms with Crippen LogP contribution in [0.3, 0.4) is 0 Å². The summed E-state index contributed by atoms with van der Waals surface area (Å²) in [5, 5.41) is 4.19. The van der Waals surface area contributed by atoms with Gasteiger partial charge in [-0.1, -0.05) is 0 Å². The van der Waals surface area contributed by atoms with Gasteiger partial charge in [-0.3, -0.25) is 24.3 Å². The van der Waals surface area contributed by atoms with Gasteiger partial charge in [0.15, 0.2) is 0 Å². The van der Waals surface area contributed by atoms with Crippen molar-refractivity contribution in [2.24, 2.45) is 5.92 Å². The number of imidazole rings is 1. The molecule has 1 atom stereocenters. The van der Waals surface area contributed by atoms with E-state index in [2.05, 4.69) is 10.3 Å². The van der Waals surface area contributed by atoms with E-state index in [1.54, 1.807) is 19.9 Å². The summed E-state index contributed by atoms with van der Waals surface area (Å²) < 4.78 is 49.1. The van der Waals surface area contributed by atoms with Gasteiger partial charge in [-0.2, -0.15) is 13.2 Å². The van der Waals surface area contributed by atoms with E-state index in [0.29, 0.717) is 0 Å². The highest BCUT2D eigenvalue weighted by molar-refractivity contribution is 6.05. The van der Waals surface area contributed by atoms with Crippen LogP contribution in [0.5, 0.6) is 0 Å². The number of likely N-dealkylation sites (tertiary alicyclic amines) is 1. The Labute approximate surface area is 187 Å². The lowest BCUT2D eigenvalue weighted by molar-refractivity contribution is -0.218. The van der Waals surface area contributed by atoms with Crippen molar-refractivity contribution in [3.05, 3.63) is 23.3 Å². The molecule has 0 saturated carbocycles. The first-order valence-corrected chi connectivity index (χ1v) is 10.5. The van der Waals surface area contributed by atoms with E-state index >= 15 is 0 Å². The molecule has 1 aromatic heterocycles. The number of rotatable bonds is 4. The highest BCUT2D eigenvalue weighted by Gasteiger charge is 2.68. The van der Waals surface area contributed by atoms with Crippen LogP contribution in [0.4, 0.5) is 19.1 Å². The van der Waals surface area contributed by atoms with E-state index in [1.165, 1.54) is 18.1 Å². The van der Waals surface area contributed by atoms with Crippen LogP contribution in [0.1, 0.15) is 24.0 Å². The van der Waals surface area contributed by atoms with E-state index < -0.39 is 29.6 Å². The number of alkyl halides is 3. The number of ether oxygens (including phenoxy) is 1. The number of methoxy groups -OCH3 is 1. The number of carbonyl (C=O) groups is 3. The molecule has 2 aliphatic rings. The summed E-state index contributed by atoms with van der Waals surface area (Å²) >= 11 is 0. The van der Waals surface area contributed by atoms with Crippen molar-refractivity contribution in [3.63, 3.8) is 0 Å². The SMILES string of the molecule is COCC(=O)N1CCC(C(=O)NC2(C(F)(F)F)C(=O)Nc3nc4cc(C)c(C)cc4n32)CC1. The Balaban J connectivity index is 1.67. The van der Waals surface area contributed by atoms with Gasteiger partial charge in [0.05, 0.1) is 11.0 Å². The lowest BCUT2D eigenvalue weighted by atomic mass is 9.94. The van der Waals surface area contributed by atoms with Crippen LogP contribution >= 0.6 is 0 Å². The van der Waals surface area contributed by atoms with Gasteiger partial charge in [-0.15, -0.1) is 0 Å². The average Bonchev–Trinajstić information content (AvgIpc) is 3.22. The molecule has 2 aromatic rings. The summed E-state index contributed by atoms with van der Waals surface area (Å²) in [5.41, 5.74) is -1.40. The first kappa shape index (κ1) is 23.0. The lowest BCUT2D eigenvalue weighted by Crippen LogP contribution is -2.64. The van der Waals surface area contributed by atoms with Crippen LogP contribution in [-0.4, -0.2) is 65.2 Å². The van der Waals surface area contributed by atoms with Crippen molar-refractivity contribution in [2.75, 3.05) is 32.1 Å². The third-order valence-corrected chi connectivity index (χ3v) is 6.36. The standard InChI is InChI=1S/C21H24F3N5O4/c1-11-8-14-15(9-12(11)2)29-19(25-14)26-18(32)20(29,21(22,23)24)27-17(31)13-4-6-28(7-5-13)16(30)10-33-3/h8-9,13H,4-7,10H2,1-3H3,(H,27,31)(H,25,26,32). The zero-order valence-corrected chi connectivity index (χ0v) is 18.4. The van der Waals surface area contributed by atoms with Gasteiger partial charge in [0.2, 0.25) is 17.8 Å². The summed E-state index contributed by atoms with van der Waals surface area (Å²) in [6.07, 6.45) is -4.79. The number of aromatic nitrogens is 2. The lowest BCUT2D eigenvalue weighted by Gasteiger charge is -2.35. The van der Waals surface area contributed by atoms with Gasteiger partial charge in [-0.05, 0) is 49.9 Å². The summed E-state index contributed by atoms with van der Waals surface area (Å²) in [5.74, 6) is -3.64. The minimum Gasteiger partial charge on any atom is -0.375 e. The number of fused-ring (bicyclic) bond motifs is 3. The first-order chi connectivity index (χ1) is 15.5. The molecule has 0 spiro atoms. The molecule has 9 nitrogen and oxygen atoms in total. The third-order valence-electron chi connectivity index (χ3n) is 6.36. The van der Waals surface area contributed by atoms with Gasteiger partial charge >= 0.3 is 6.18 Å². The summed E-state index contributed by atoms with van der Waals surface area (Å²) in [4.78, 5) is 43.3. The molecular formula is C21H24F3N5O4. The predicted octanol–water partition coefficient (Wildman–Crippen LogP) is 1.82. The number of piperidine rings is 1. The molecule has 1 unspecified atom stereocenters. The number of halogens is 3. The molecule has 3 heterocycles. The highest BCUT2D eigenvalue weighted by Crippen LogP contribution is 2.44. The Kier molecular flexibility index (Phi) is 5.59. The molecule has 2 N–H and O–H groups in total. The zero-order valence-electron chi connectivity index (χ0n) is 18.4. The molecule has 1 saturated heterocycles. The smallest absolute Gasteiger partial charge is 0.375 e. The molecule has 33 heavy (non-hydrogen) atoms. The fourth-order valence-electron chi connectivity index (χ4n) is 4.37. The zero-order chi connectivity index (χ0) is 24.1. The molecular weight excluding hydrogens is 443 g/mol. The summed E-state index contributed by atoms with van der Waals surface area (Å²) in [7, 11) is 1.39. The summed E-state index contributed by atoms with van der Waals surface area (Å²) in [6.45, 7) is 3.86. The highest BCUT2D eigenvalue weighted by atomic mass is 19.4. The van der Waals surface area contributed by atoms with Crippen molar-refractivity contribution in [1.82, 2.24) is 19.8 Å². The van der Waals surface area contributed by atoms with Crippen molar-refractivity contribution in [3.8, 4) is 0 Å². The maximum Gasteiger partial charge on any atom is 0.440 e. The van der Waals surface area contributed by atoms with Gasteiger partial charge in [0.1, 0.15) is 6.61 Å². The van der Waals surface area contributed by atoms with Gasteiger partial charge < -0.3 is 15.0 Å². The minimum atomic E-state index is -5.14. The van der Waals surface area contributed by atoms with Crippen molar-refractivity contribution >= 4 is 34.7 Å². The topological polar surface area (TPSA) is 106 Å². The Bertz CT molecular complexity index is 1140. The number of anilines is 1. The van der Waals surface area contributed by atoms with Crippen LogP contribution in [0, 0.1) is 19.8 Å². The fraction of sp³-hybridized carbons (Fsp3) is 0.524. The molecule has 1 aromatic carbocycles. The van der Waals surface area contributed by atoms with E-state index in [-0.39, 0.29) is 55.4 Å². The normalized spacial score (nSPS) is 21.3. The van der Waals surface area contributed by atoms with Crippen LogP contribution in [0.25, 0.3) is 11.0 Å². The van der Waals surface area contributed by atoms with Crippen LogP contribution in [-0.2, 0) is 24.8 Å².